The predicted octanol–water partition coefficient (Wildman–Crippen LogP) is 1.92. The monoisotopic (exact) mass is 310 g/mol. The number of likely N-dealkylation sites (tertiary alicyclic amines) is 1. The first-order valence-electron chi connectivity index (χ1n) is 8.25. The summed E-state index contributed by atoms with van der Waals surface area (Å²) < 4.78 is 0. The van der Waals surface area contributed by atoms with Crippen molar-refractivity contribution in [2.24, 2.45) is 0 Å². The van der Waals surface area contributed by atoms with Crippen LogP contribution in [-0.4, -0.2) is 58.5 Å². The Morgan fingerprint density at radius 3 is 2.81 bits per heavy atom. The summed E-state index contributed by atoms with van der Waals surface area (Å²) in [4.78, 5) is 4.92. The van der Waals surface area contributed by atoms with Crippen molar-refractivity contribution in [3.8, 4) is 0 Å². The van der Waals surface area contributed by atoms with Crippen LogP contribution < -0.4 is 4.90 Å². The average molecular weight is 310 g/mol. The Morgan fingerprint density at radius 2 is 2.00 bits per heavy atom. The molecule has 0 spiro atoms. The van der Waals surface area contributed by atoms with E-state index < -0.39 is 0 Å². The standard InChI is InChI=1S/C15H26N4OS/c1-2-5-14-16-17-15(21-14)19-9-4-6-12(19)10-18-8-3-7-13(18)11-20/h12-13,20H,2-11H2,1H3. The van der Waals surface area contributed by atoms with E-state index in [1.807, 2.05) is 0 Å². The second-order valence-corrected chi connectivity index (χ2v) is 7.23. The fourth-order valence-corrected chi connectivity index (χ4v) is 4.60. The Balaban J connectivity index is 1.64. The number of aliphatic hydroxyl groups is 1. The molecule has 1 aromatic rings. The van der Waals surface area contributed by atoms with Crippen LogP contribution in [0.3, 0.4) is 0 Å². The molecule has 2 aliphatic heterocycles. The summed E-state index contributed by atoms with van der Waals surface area (Å²) in [7, 11) is 0. The van der Waals surface area contributed by atoms with Crippen molar-refractivity contribution in [2.45, 2.75) is 57.5 Å². The van der Waals surface area contributed by atoms with Crippen LogP contribution in [0.5, 0.6) is 0 Å². The maximum Gasteiger partial charge on any atom is 0.208 e. The first-order chi connectivity index (χ1) is 10.3. The number of aromatic nitrogens is 2. The minimum Gasteiger partial charge on any atom is -0.395 e. The normalized spacial score (nSPS) is 26.9. The van der Waals surface area contributed by atoms with Crippen molar-refractivity contribution < 1.29 is 5.11 Å². The van der Waals surface area contributed by atoms with Crippen LogP contribution in [0, 0.1) is 0 Å². The van der Waals surface area contributed by atoms with Crippen molar-refractivity contribution in [2.75, 3.05) is 31.1 Å². The third-order valence-electron chi connectivity index (χ3n) is 4.70. The van der Waals surface area contributed by atoms with Gasteiger partial charge in [0.15, 0.2) is 0 Å². The molecule has 0 bridgehead atoms. The van der Waals surface area contributed by atoms with E-state index in [2.05, 4.69) is 26.9 Å². The summed E-state index contributed by atoms with van der Waals surface area (Å²) in [6.45, 7) is 5.78. The molecule has 0 aliphatic carbocycles. The smallest absolute Gasteiger partial charge is 0.208 e. The van der Waals surface area contributed by atoms with Crippen LogP contribution in [0.1, 0.15) is 44.0 Å². The van der Waals surface area contributed by atoms with Gasteiger partial charge in [-0.2, -0.15) is 0 Å². The van der Waals surface area contributed by atoms with E-state index in [-0.39, 0.29) is 0 Å². The van der Waals surface area contributed by atoms with Crippen LogP contribution in [0.25, 0.3) is 0 Å². The van der Waals surface area contributed by atoms with Crippen LogP contribution >= 0.6 is 11.3 Å². The lowest BCUT2D eigenvalue weighted by molar-refractivity contribution is 0.153. The van der Waals surface area contributed by atoms with Gasteiger partial charge in [0, 0.05) is 31.6 Å². The zero-order valence-electron chi connectivity index (χ0n) is 12.9. The van der Waals surface area contributed by atoms with E-state index >= 15 is 0 Å². The molecule has 2 saturated heterocycles. The van der Waals surface area contributed by atoms with Crippen LogP contribution in [0.4, 0.5) is 5.13 Å². The Bertz CT molecular complexity index is 453. The van der Waals surface area contributed by atoms with Gasteiger partial charge >= 0.3 is 0 Å². The van der Waals surface area contributed by atoms with E-state index in [1.165, 1.54) is 19.3 Å². The quantitative estimate of drug-likeness (QED) is 0.870. The number of aryl methyl sites for hydroxylation is 1. The molecule has 3 heterocycles. The highest BCUT2D eigenvalue weighted by molar-refractivity contribution is 7.15. The Hall–Kier alpha value is -0.720. The molecule has 2 aliphatic rings. The Labute approximate surface area is 131 Å². The Morgan fingerprint density at radius 1 is 1.19 bits per heavy atom. The molecule has 3 rings (SSSR count). The van der Waals surface area contributed by atoms with Gasteiger partial charge in [-0.25, -0.2) is 0 Å². The van der Waals surface area contributed by atoms with Crippen LogP contribution in [0.15, 0.2) is 0 Å². The van der Waals surface area contributed by atoms with E-state index in [0.717, 1.165) is 49.0 Å². The summed E-state index contributed by atoms with van der Waals surface area (Å²) in [5.41, 5.74) is 0. The van der Waals surface area contributed by atoms with Crippen molar-refractivity contribution in [3.63, 3.8) is 0 Å². The summed E-state index contributed by atoms with van der Waals surface area (Å²) in [5, 5.41) is 20.5. The molecule has 2 unspecified atom stereocenters. The van der Waals surface area contributed by atoms with Gasteiger partial charge in [0.25, 0.3) is 0 Å². The van der Waals surface area contributed by atoms with Crippen molar-refractivity contribution >= 4 is 16.5 Å². The zero-order chi connectivity index (χ0) is 14.7. The maximum atomic E-state index is 9.48. The van der Waals surface area contributed by atoms with E-state index in [9.17, 15) is 5.11 Å². The number of hydrogen-bond acceptors (Lipinski definition) is 6. The molecular formula is C15H26N4OS. The fraction of sp³-hybridized carbons (Fsp3) is 0.867. The topological polar surface area (TPSA) is 52.5 Å². The zero-order valence-corrected chi connectivity index (χ0v) is 13.7. The molecule has 0 amide bonds. The van der Waals surface area contributed by atoms with Gasteiger partial charge in [-0.1, -0.05) is 18.3 Å². The summed E-state index contributed by atoms with van der Waals surface area (Å²) >= 11 is 1.76. The lowest BCUT2D eigenvalue weighted by Gasteiger charge is -2.30. The van der Waals surface area contributed by atoms with Crippen molar-refractivity contribution in [1.29, 1.82) is 0 Å². The largest absolute Gasteiger partial charge is 0.395 e. The van der Waals surface area contributed by atoms with Gasteiger partial charge in [0.05, 0.1) is 6.61 Å². The molecule has 6 heteroatoms. The van der Waals surface area contributed by atoms with E-state index in [4.69, 9.17) is 0 Å². The second kappa shape index (κ2) is 7.03. The van der Waals surface area contributed by atoms with Gasteiger partial charge < -0.3 is 10.0 Å². The predicted molar refractivity (Wildman–Crippen MR) is 86.0 cm³/mol. The number of hydrogen-bond donors (Lipinski definition) is 1. The first-order valence-corrected chi connectivity index (χ1v) is 9.07. The van der Waals surface area contributed by atoms with Gasteiger partial charge in [0.2, 0.25) is 5.13 Å². The lowest BCUT2D eigenvalue weighted by atomic mass is 10.2. The number of anilines is 1. The van der Waals surface area contributed by atoms with Crippen molar-refractivity contribution in [1.82, 2.24) is 15.1 Å². The summed E-state index contributed by atoms with van der Waals surface area (Å²) in [5.74, 6) is 0. The third-order valence-corrected chi connectivity index (χ3v) is 5.72. The minimum absolute atomic E-state index is 0.298. The average Bonchev–Trinajstić information content (AvgIpc) is 3.19. The Kier molecular flexibility index (Phi) is 5.08. The number of rotatable bonds is 6. The second-order valence-electron chi connectivity index (χ2n) is 6.19. The highest BCUT2D eigenvalue weighted by atomic mass is 32.1. The van der Waals surface area contributed by atoms with Gasteiger partial charge in [-0.05, 0) is 38.6 Å². The molecule has 1 N–H and O–H groups in total. The van der Waals surface area contributed by atoms with Crippen molar-refractivity contribution in [3.05, 3.63) is 5.01 Å². The van der Waals surface area contributed by atoms with E-state index in [1.54, 1.807) is 11.3 Å². The molecule has 0 saturated carbocycles. The maximum absolute atomic E-state index is 9.48. The number of nitrogens with zero attached hydrogens (tertiary/aromatic N) is 4. The van der Waals surface area contributed by atoms with Crippen LogP contribution in [-0.2, 0) is 6.42 Å². The third kappa shape index (κ3) is 3.38. The highest BCUT2D eigenvalue weighted by Gasteiger charge is 2.32. The fourth-order valence-electron chi connectivity index (χ4n) is 3.57. The summed E-state index contributed by atoms with van der Waals surface area (Å²) in [6.07, 6.45) is 7.00. The van der Waals surface area contributed by atoms with Gasteiger partial charge in [0.1, 0.15) is 5.01 Å². The number of aliphatic hydroxyl groups excluding tert-OH is 1. The minimum atomic E-state index is 0.298. The highest BCUT2D eigenvalue weighted by Crippen LogP contribution is 2.30. The molecule has 1 aromatic heterocycles. The van der Waals surface area contributed by atoms with E-state index in [0.29, 0.717) is 18.7 Å². The molecule has 0 radical (unpaired) electrons. The SMILES string of the molecule is CCCc1nnc(N2CCCC2CN2CCCC2CO)s1. The van der Waals surface area contributed by atoms with Crippen LogP contribution in [0.2, 0.25) is 0 Å². The first kappa shape index (κ1) is 15.2. The molecule has 5 nitrogen and oxygen atoms in total. The summed E-state index contributed by atoms with van der Waals surface area (Å²) in [6, 6.07) is 0.914. The van der Waals surface area contributed by atoms with Gasteiger partial charge in [-0.15, -0.1) is 10.2 Å². The molecule has 2 atom stereocenters. The lowest BCUT2D eigenvalue weighted by Crippen LogP contribution is -2.43. The molecule has 21 heavy (non-hydrogen) atoms. The molecule has 2 fully saturated rings. The van der Waals surface area contributed by atoms with Gasteiger partial charge in [-0.3, -0.25) is 4.90 Å². The molecule has 118 valence electrons. The molecular weight excluding hydrogens is 284 g/mol. The molecule has 0 aromatic carbocycles.